The Hall–Kier alpha value is -1.91. The molecule has 0 radical (unpaired) electrons. The van der Waals surface area contributed by atoms with Gasteiger partial charge in [0.1, 0.15) is 0 Å². The molecule has 19 heavy (non-hydrogen) atoms. The van der Waals surface area contributed by atoms with Gasteiger partial charge in [-0.15, -0.1) is 0 Å². The van der Waals surface area contributed by atoms with Crippen LogP contribution in [-0.2, 0) is 9.59 Å². The fourth-order valence-electron chi connectivity index (χ4n) is 1.80. The number of aromatic nitrogens is 1. The Balaban J connectivity index is 2.52. The molecule has 0 fully saturated rings. The van der Waals surface area contributed by atoms with Crippen molar-refractivity contribution in [2.24, 2.45) is 0 Å². The first-order chi connectivity index (χ1) is 9.02. The lowest BCUT2D eigenvalue weighted by molar-refractivity contribution is -0.137. The molecule has 1 aromatic heterocycles. The van der Waals surface area contributed by atoms with Crippen molar-refractivity contribution >= 4 is 11.9 Å². The molecule has 1 atom stereocenters. The van der Waals surface area contributed by atoms with E-state index in [0.717, 1.165) is 17.7 Å². The minimum absolute atomic E-state index is 0.0207. The molecule has 0 aliphatic carbocycles. The van der Waals surface area contributed by atoms with Gasteiger partial charge in [0, 0.05) is 19.0 Å². The molecule has 5 nitrogen and oxygen atoms in total. The minimum Gasteiger partial charge on any atom is -0.481 e. The van der Waals surface area contributed by atoms with Crippen LogP contribution in [0.5, 0.6) is 0 Å². The number of carboxylic acids is 1. The predicted molar refractivity (Wildman–Crippen MR) is 71.6 cm³/mol. The quantitative estimate of drug-likeness (QED) is 0.791. The number of amides is 1. The number of pyridine rings is 1. The van der Waals surface area contributed by atoms with Crippen LogP contribution < -0.4 is 5.32 Å². The van der Waals surface area contributed by atoms with Crippen LogP contribution in [0.2, 0.25) is 0 Å². The summed E-state index contributed by atoms with van der Waals surface area (Å²) in [5.41, 5.74) is 1.94. The standard InChI is InChI=1S/C14H20N2O3/c1-3-11(12-9-10(2)7-8-15-12)16-13(17)5-4-6-14(18)19/h7-9,11H,3-6H2,1-2H3,(H,16,17)(H,18,19)/t11-/m1/s1. The molecule has 1 amide bonds. The molecule has 0 spiro atoms. The van der Waals surface area contributed by atoms with Crippen molar-refractivity contribution in [3.05, 3.63) is 29.6 Å². The third kappa shape index (κ3) is 5.50. The highest BCUT2D eigenvalue weighted by molar-refractivity contribution is 5.77. The summed E-state index contributed by atoms with van der Waals surface area (Å²) in [6.45, 7) is 3.96. The second kappa shape index (κ2) is 7.51. The van der Waals surface area contributed by atoms with E-state index in [1.165, 1.54) is 0 Å². The first kappa shape index (κ1) is 15.1. The van der Waals surface area contributed by atoms with E-state index in [1.807, 2.05) is 26.0 Å². The second-order valence-electron chi connectivity index (χ2n) is 4.53. The lowest BCUT2D eigenvalue weighted by Gasteiger charge is -2.16. The Morgan fingerprint density at radius 2 is 2.16 bits per heavy atom. The van der Waals surface area contributed by atoms with E-state index in [1.54, 1.807) is 6.20 Å². The highest BCUT2D eigenvalue weighted by Gasteiger charge is 2.14. The van der Waals surface area contributed by atoms with E-state index in [2.05, 4.69) is 10.3 Å². The van der Waals surface area contributed by atoms with Gasteiger partial charge in [-0.25, -0.2) is 0 Å². The largest absolute Gasteiger partial charge is 0.481 e. The molecule has 1 heterocycles. The van der Waals surface area contributed by atoms with Crippen LogP contribution in [-0.4, -0.2) is 22.0 Å². The third-order valence-corrected chi connectivity index (χ3v) is 2.83. The third-order valence-electron chi connectivity index (χ3n) is 2.83. The number of carbonyl (C=O) groups excluding carboxylic acids is 1. The number of nitrogens with zero attached hydrogens (tertiary/aromatic N) is 1. The molecule has 0 unspecified atom stereocenters. The van der Waals surface area contributed by atoms with Crippen LogP contribution in [0.15, 0.2) is 18.3 Å². The van der Waals surface area contributed by atoms with E-state index in [4.69, 9.17) is 5.11 Å². The maximum atomic E-state index is 11.7. The van der Waals surface area contributed by atoms with E-state index in [0.29, 0.717) is 6.42 Å². The van der Waals surface area contributed by atoms with Gasteiger partial charge >= 0.3 is 5.97 Å². The number of hydrogen-bond donors (Lipinski definition) is 2. The van der Waals surface area contributed by atoms with E-state index in [-0.39, 0.29) is 24.8 Å². The molecule has 0 bridgehead atoms. The Labute approximate surface area is 113 Å². The zero-order chi connectivity index (χ0) is 14.3. The summed E-state index contributed by atoms with van der Waals surface area (Å²) in [5, 5.41) is 11.4. The summed E-state index contributed by atoms with van der Waals surface area (Å²) in [7, 11) is 0. The van der Waals surface area contributed by atoms with Crippen molar-refractivity contribution in [3.8, 4) is 0 Å². The summed E-state index contributed by atoms with van der Waals surface area (Å²) in [6.07, 6.45) is 3.09. The molecule has 5 heteroatoms. The topological polar surface area (TPSA) is 79.3 Å². The predicted octanol–water partition coefficient (Wildman–Crippen LogP) is 2.21. The van der Waals surface area contributed by atoms with Crippen LogP contribution in [0, 0.1) is 6.92 Å². The molecular weight excluding hydrogens is 244 g/mol. The molecule has 0 saturated heterocycles. The Morgan fingerprint density at radius 3 is 2.74 bits per heavy atom. The monoisotopic (exact) mass is 264 g/mol. The summed E-state index contributed by atoms with van der Waals surface area (Å²) < 4.78 is 0. The Morgan fingerprint density at radius 1 is 1.42 bits per heavy atom. The zero-order valence-electron chi connectivity index (χ0n) is 11.3. The van der Waals surface area contributed by atoms with E-state index >= 15 is 0 Å². The maximum Gasteiger partial charge on any atom is 0.303 e. The molecular formula is C14H20N2O3. The maximum absolute atomic E-state index is 11.7. The molecule has 1 rings (SSSR count). The van der Waals surface area contributed by atoms with Gasteiger partial charge in [-0.1, -0.05) is 6.92 Å². The van der Waals surface area contributed by atoms with Gasteiger partial charge in [0.2, 0.25) is 5.91 Å². The average Bonchev–Trinajstić information content (AvgIpc) is 2.35. The van der Waals surface area contributed by atoms with Crippen molar-refractivity contribution in [1.82, 2.24) is 10.3 Å². The van der Waals surface area contributed by atoms with Crippen molar-refractivity contribution < 1.29 is 14.7 Å². The minimum atomic E-state index is -0.875. The highest BCUT2D eigenvalue weighted by Crippen LogP contribution is 2.15. The molecule has 0 saturated carbocycles. The molecule has 0 aliphatic heterocycles. The van der Waals surface area contributed by atoms with Gasteiger partial charge in [0.15, 0.2) is 0 Å². The van der Waals surface area contributed by atoms with Gasteiger partial charge in [-0.05, 0) is 37.5 Å². The van der Waals surface area contributed by atoms with Crippen LogP contribution in [0.1, 0.15) is 49.9 Å². The fraction of sp³-hybridized carbons (Fsp3) is 0.500. The zero-order valence-corrected chi connectivity index (χ0v) is 11.3. The smallest absolute Gasteiger partial charge is 0.303 e. The number of rotatable bonds is 7. The van der Waals surface area contributed by atoms with Crippen molar-refractivity contribution in [2.75, 3.05) is 0 Å². The van der Waals surface area contributed by atoms with Crippen LogP contribution >= 0.6 is 0 Å². The number of nitrogens with one attached hydrogen (secondary N) is 1. The van der Waals surface area contributed by atoms with Gasteiger partial charge in [0.25, 0.3) is 0 Å². The summed E-state index contributed by atoms with van der Waals surface area (Å²) in [5.74, 6) is -1.00. The summed E-state index contributed by atoms with van der Waals surface area (Å²) in [4.78, 5) is 26.4. The van der Waals surface area contributed by atoms with Crippen LogP contribution in [0.25, 0.3) is 0 Å². The Kier molecular flexibility index (Phi) is 5.99. The van der Waals surface area contributed by atoms with Crippen molar-refractivity contribution in [3.63, 3.8) is 0 Å². The Bertz CT molecular complexity index is 446. The molecule has 0 aromatic carbocycles. The molecule has 1 aromatic rings. The van der Waals surface area contributed by atoms with Crippen LogP contribution in [0.4, 0.5) is 0 Å². The van der Waals surface area contributed by atoms with Gasteiger partial charge < -0.3 is 10.4 Å². The number of carboxylic acid groups (broad SMARTS) is 1. The molecule has 2 N–H and O–H groups in total. The first-order valence-corrected chi connectivity index (χ1v) is 6.46. The van der Waals surface area contributed by atoms with E-state index in [9.17, 15) is 9.59 Å². The lowest BCUT2D eigenvalue weighted by atomic mass is 10.1. The van der Waals surface area contributed by atoms with Gasteiger partial charge in [-0.2, -0.15) is 0 Å². The number of carbonyl (C=O) groups is 2. The summed E-state index contributed by atoms with van der Waals surface area (Å²) >= 11 is 0. The normalized spacial score (nSPS) is 11.9. The van der Waals surface area contributed by atoms with Crippen molar-refractivity contribution in [1.29, 1.82) is 0 Å². The number of aryl methyl sites for hydroxylation is 1. The summed E-state index contributed by atoms with van der Waals surface area (Å²) in [6, 6.07) is 3.74. The fourth-order valence-corrected chi connectivity index (χ4v) is 1.80. The van der Waals surface area contributed by atoms with E-state index < -0.39 is 5.97 Å². The molecule has 104 valence electrons. The van der Waals surface area contributed by atoms with Gasteiger partial charge in [0.05, 0.1) is 11.7 Å². The molecule has 0 aliphatic rings. The number of aliphatic carboxylic acids is 1. The SMILES string of the molecule is CC[C@@H](NC(=O)CCCC(=O)O)c1cc(C)ccn1. The van der Waals surface area contributed by atoms with Gasteiger partial charge in [-0.3, -0.25) is 14.6 Å². The average molecular weight is 264 g/mol. The van der Waals surface area contributed by atoms with Crippen molar-refractivity contribution in [2.45, 2.75) is 45.6 Å². The lowest BCUT2D eigenvalue weighted by Crippen LogP contribution is -2.28. The highest BCUT2D eigenvalue weighted by atomic mass is 16.4. The van der Waals surface area contributed by atoms with Crippen LogP contribution in [0.3, 0.4) is 0 Å². The first-order valence-electron chi connectivity index (χ1n) is 6.46. The number of hydrogen-bond acceptors (Lipinski definition) is 3. The second-order valence-corrected chi connectivity index (χ2v) is 4.53.